The highest BCUT2D eigenvalue weighted by Gasteiger charge is 2.21. The van der Waals surface area contributed by atoms with E-state index in [0.717, 1.165) is 21.7 Å². The number of hydrogen-bond acceptors (Lipinski definition) is 5. The summed E-state index contributed by atoms with van der Waals surface area (Å²) in [6, 6.07) is 21.8. The van der Waals surface area contributed by atoms with Crippen molar-refractivity contribution in [1.29, 1.82) is 0 Å². The van der Waals surface area contributed by atoms with Crippen LogP contribution >= 0.6 is 11.6 Å². The largest absolute Gasteiger partial charge is 0.488 e. The number of nitrogens with one attached hydrogen (secondary N) is 1. The lowest BCUT2D eigenvalue weighted by Gasteiger charge is -2.21. The highest BCUT2D eigenvalue weighted by molar-refractivity contribution is 7.92. The van der Waals surface area contributed by atoms with E-state index in [9.17, 15) is 13.2 Å². The number of benzene rings is 3. The Kier molecular flexibility index (Phi) is 8.08. The molecule has 0 aromatic heterocycles. The zero-order valence-electron chi connectivity index (χ0n) is 18.2. The average molecular weight is 486 g/mol. The lowest BCUT2D eigenvalue weighted by molar-refractivity contribution is -0.119. The molecule has 0 heterocycles. The van der Waals surface area contributed by atoms with Gasteiger partial charge in [0.25, 0.3) is 5.91 Å². The monoisotopic (exact) mass is 485 g/mol. The number of hydrogen-bond donors (Lipinski definition) is 1. The van der Waals surface area contributed by atoms with Gasteiger partial charge in [-0.15, -0.1) is 0 Å². The second-order valence-corrected chi connectivity index (χ2v) is 9.62. The van der Waals surface area contributed by atoms with Gasteiger partial charge in [-0.25, -0.2) is 13.8 Å². The van der Waals surface area contributed by atoms with E-state index in [1.807, 2.05) is 42.5 Å². The summed E-state index contributed by atoms with van der Waals surface area (Å²) in [5, 5.41) is 4.37. The van der Waals surface area contributed by atoms with Crippen LogP contribution < -0.4 is 14.5 Å². The Morgan fingerprint density at radius 3 is 2.48 bits per heavy atom. The molecule has 172 valence electrons. The number of para-hydroxylation sites is 1. The van der Waals surface area contributed by atoms with Gasteiger partial charge in [-0.1, -0.05) is 60.1 Å². The number of halogens is 1. The third kappa shape index (κ3) is 7.06. The van der Waals surface area contributed by atoms with E-state index in [4.69, 9.17) is 16.3 Å². The van der Waals surface area contributed by atoms with Crippen LogP contribution in [0.5, 0.6) is 5.75 Å². The Morgan fingerprint density at radius 1 is 1.09 bits per heavy atom. The molecule has 1 amide bonds. The summed E-state index contributed by atoms with van der Waals surface area (Å²) in [4.78, 5) is 12.4. The first-order valence-electron chi connectivity index (χ1n) is 10.1. The minimum absolute atomic E-state index is 0.298. The maximum absolute atomic E-state index is 12.4. The van der Waals surface area contributed by atoms with Crippen LogP contribution in [-0.4, -0.2) is 33.3 Å². The normalized spacial score (nSPS) is 11.4. The minimum atomic E-state index is -3.72. The average Bonchev–Trinajstić information content (AvgIpc) is 2.79. The van der Waals surface area contributed by atoms with Crippen LogP contribution in [0.2, 0.25) is 5.02 Å². The summed E-state index contributed by atoms with van der Waals surface area (Å²) in [6.45, 7) is 1.75. The summed E-state index contributed by atoms with van der Waals surface area (Å²) in [7, 11) is -3.72. The molecule has 0 bridgehead atoms. The zero-order valence-corrected chi connectivity index (χ0v) is 19.8. The molecule has 0 aliphatic heterocycles. The number of aryl methyl sites for hydroxylation is 1. The summed E-state index contributed by atoms with van der Waals surface area (Å²) in [5.41, 5.74) is 5.15. The molecule has 0 spiro atoms. The SMILES string of the molecule is Cc1ccc(N(CC(=O)N/N=C\c2ccccc2OCc2ccccc2)S(C)(=O)=O)cc1Cl. The van der Waals surface area contributed by atoms with Crippen LogP contribution in [0.1, 0.15) is 16.7 Å². The van der Waals surface area contributed by atoms with Gasteiger partial charge in [0.1, 0.15) is 18.9 Å². The molecule has 0 radical (unpaired) electrons. The number of ether oxygens (including phenoxy) is 1. The van der Waals surface area contributed by atoms with Gasteiger partial charge in [0, 0.05) is 10.6 Å². The first-order valence-corrected chi connectivity index (χ1v) is 12.3. The second kappa shape index (κ2) is 11.0. The van der Waals surface area contributed by atoms with Crippen molar-refractivity contribution in [2.45, 2.75) is 13.5 Å². The van der Waals surface area contributed by atoms with Gasteiger partial charge in [0.2, 0.25) is 10.0 Å². The van der Waals surface area contributed by atoms with Crippen molar-refractivity contribution in [2.75, 3.05) is 17.1 Å². The lowest BCUT2D eigenvalue weighted by atomic mass is 10.2. The molecule has 0 aliphatic carbocycles. The van der Waals surface area contributed by atoms with Gasteiger partial charge < -0.3 is 4.74 Å². The predicted octanol–water partition coefficient (Wildman–Crippen LogP) is 4.14. The van der Waals surface area contributed by atoms with Crippen molar-refractivity contribution in [2.24, 2.45) is 5.10 Å². The van der Waals surface area contributed by atoms with E-state index in [0.29, 0.717) is 28.6 Å². The summed E-state index contributed by atoms with van der Waals surface area (Å²) >= 11 is 6.12. The van der Waals surface area contributed by atoms with Crippen LogP contribution in [0.15, 0.2) is 77.9 Å². The zero-order chi connectivity index (χ0) is 23.8. The third-order valence-electron chi connectivity index (χ3n) is 4.68. The number of amides is 1. The van der Waals surface area contributed by atoms with Crippen LogP contribution in [0.25, 0.3) is 0 Å². The molecule has 7 nitrogen and oxygen atoms in total. The molecular formula is C24H24ClN3O4S. The molecule has 3 aromatic carbocycles. The van der Waals surface area contributed by atoms with Gasteiger partial charge in [0.15, 0.2) is 0 Å². The first-order chi connectivity index (χ1) is 15.7. The Morgan fingerprint density at radius 2 is 1.79 bits per heavy atom. The smallest absolute Gasteiger partial charge is 0.260 e. The molecular weight excluding hydrogens is 462 g/mol. The molecule has 9 heteroatoms. The van der Waals surface area contributed by atoms with Crippen molar-refractivity contribution >= 4 is 39.4 Å². The van der Waals surface area contributed by atoms with E-state index < -0.39 is 22.5 Å². The fraction of sp³-hybridized carbons (Fsp3) is 0.167. The number of carbonyl (C=O) groups is 1. The summed E-state index contributed by atoms with van der Waals surface area (Å²) < 4.78 is 31.3. The van der Waals surface area contributed by atoms with Crippen molar-refractivity contribution in [3.8, 4) is 5.75 Å². The van der Waals surface area contributed by atoms with Crippen molar-refractivity contribution in [1.82, 2.24) is 5.43 Å². The highest BCUT2D eigenvalue weighted by atomic mass is 35.5. The van der Waals surface area contributed by atoms with Crippen molar-refractivity contribution in [3.05, 3.63) is 94.5 Å². The van der Waals surface area contributed by atoms with Gasteiger partial charge in [0.05, 0.1) is 18.2 Å². The summed E-state index contributed by atoms with van der Waals surface area (Å²) in [6.07, 6.45) is 2.48. The topological polar surface area (TPSA) is 88.1 Å². The summed E-state index contributed by atoms with van der Waals surface area (Å²) in [5.74, 6) is 0.00229. The third-order valence-corrected chi connectivity index (χ3v) is 6.23. The number of nitrogens with zero attached hydrogens (tertiary/aromatic N) is 2. The maximum atomic E-state index is 12.4. The van der Waals surface area contributed by atoms with Crippen LogP contribution in [0, 0.1) is 6.92 Å². The van der Waals surface area contributed by atoms with Gasteiger partial charge >= 0.3 is 0 Å². The van der Waals surface area contributed by atoms with Crippen molar-refractivity contribution < 1.29 is 17.9 Å². The van der Waals surface area contributed by atoms with Gasteiger partial charge in [-0.3, -0.25) is 9.10 Å². The van der Waals surface area contributed by atoms with Crippen molar-refractivity contribution in [3.63, 3.8) is 0 Å². The number of anilines is 1. The van der Waals surface area contributed by atoms with E-state index >= 15 is 0 Å². The minimum Gasteiger partial charge on any atom is -0.488 e. The standard InChI is InChI=1S/C24H24ClN3O4S/c1-18-12-13-21(14-22(18)25)28(33(2,30)31)16-24(29)27-26-15-20-10-6-7-11-23(20)32-17-19-8-4-3-5-9-19/h3-15H,16-17H2,1-2H3,(H,27,29)/b26-15-. The van der Waals surface area contributed by atoms with E-state index in [-0.39, 0.29) is 0 Å². The molecule has 3 rings (SSSR count). The Bertz CT molecular complexity index is 1250. The number of hydrazone groups is 1. The Hall–Kier alpha value is -3.36. The van der Waals surface area contributed by atoms with Crippen LogP contribution in [0.4, 0.5) is 5.69 Å². The van der Waals surface area contributed by atoms with Crippen LogP contribution in [0.3, 0.4) is 0 Å². The highest BCUT2D eigenvalue weighted by Crippen LogP contribution is 2.24. The quantitative estimate of drug-likeness (QED) is 0.364. The molecule has 0 fully saturated rings. The van der Waals surface area contributed by atoms with E-state index in [1.165, 1.54) is 12.3 Å². The fourth-order valence-corrected chi connectivity index (χ4v) is 3.95. The molecule has 0 unspecified atom stereocenters. The molecule has 33 heavy (non-hydrogen) atoms. The number of rotatable bonds is 9. The maximum Gasteiger partial charge on any atom is 0.260 e. The molecule has 0 aliphatic rings. The fourth-order valence-electron chi connectivity index (χ4n) is 2.93. The van der Waals surface area contributed by atoms with Gasteiger partial charge in [-0.05, 0) is 42.3 Å². The molecule has 0 saturated heterocycles. The first kappa shape index (κ1) is 24.3. The lowest BCUT2D eigenvalue weighted by Crippen LogP contribution is -2.39. The molecule has 0 atom stereocenters. The molecule has 0 saturated carbocycles. The van der Waals surface area contributed by atoms with E-state index in [1.54, 1.807) is 31.2 Å². The van der Waals surface area contributed by atoms with E-state index in [2.05, 4.69) is 10.5 Å². The number of sulfonamides is 1. The molecule has 1 N–H and O–H groups in total. The molecule has 3 aromatic rings. The second-order valence-electron chi connectivity index (χ2n) is 7.31. The Labute approximate surface area is 198 Å². The number of carbonyl (C=O) groups excluding carboxylic acids is 1. The van der Waals surface area contributed by atoms with Gasteiger partial charge in [-0.2, -0.15) is 5.10 Å². The predicted molar refractivity (Wildman–Crippen MR) is 131 cm³/mol. The van der Waals surface area contributed by atoms with Crippen LogP contribution in [-0.2, 0) is 21.4 Å². The Balaban J connectivity index is 1.66.